The van der Waals surface area contributed by atoms with E-state index in [9.17, 15) is 4.79 Å². The number of anilines is 2. The lowest BCUT2D eigenvalue weighted by molar-refractivity contribution is 0.243. The second kappa shape index (κ2) is 7.29. The first kappa shape index (κ1) is 16.3. The fraction of sp³-hybridized carbons (Fsp3) is 0.667. The Bertz CT molecular complexity index is 511. The van der Waals surface area contributed by atoms with E-state index in [0.29, 0.717) is 24.5 Å². The van der Waals surface area contributed by atoms with E-state index in [1.807, 2.05) is 32.1 Å². The smallest absolute Gasteiger partial charge is 0.312 e. The molecule has 7 heteroatoms. The van der Waals surface area contributed by atoms with E-state index >= 15 is 0 Å². The fourth-order valence-electron chi connectivity index (χ4n) is 2.89. The molecule has 1 aliphatic rings. The van der Waals surface area contributed by atoms with Gasteiger partial charge in [-0.3, -0.25) is 0 Å². The first-order valence-corrected chi connectivity index (χ1v) is 7.76. The molecule has 122 valence electrons. The molecule has 2 rings (SSSR count). The number of amides is 2. The van der Waals surface area contributed by atoms with Gasteiger partial charge in [-0.15, -0.1) is 0 Å². The molecule has 0 spiro atoms. The van der Waals surface area contributed by atoms with Crippen molar-refractivity contribution in [3.8, 4) is 0 Å². The van der Waals surface area contributed by atoms with Gasteiger partial charge in [-0.1, -0.05) is 0 Å². The van der Waals surface area contributed by atoms with Crippen LogP contribution >= 0.6 is 0 Å². The molecule has 1 heterocycles. The van der Waals surface area contributed by atoms with E-state index in [0.717, 1.165) is 37.1 Å². The molecule has 0 aromatic carbocycles. The van der Waals surface area contributed by atoms with Crippen molar-refractivity contribution in [2.45, 2.75) is 38.6 Å². The van der Waals surface area contributed by atoms with Crippen molar-refractivity contribution in [3.05, 3.63) is 11.8 Å². The molecule has 7 nitrogen and oxygen atoms in total. The number of carbonyl (C=O) groups excluding carboxylic acids is 1. The third kappa shape index (κ3) is 4.47. The summed E-state index contributed by atoms with van der Waals surface area (Å²) in [5.74, 6) is 2.15. The van der Waals surface area contributed by atoms with E-state index in [1.54, 1.807) is 0 Å². The number of aryl methyl sites for hydroxylation is 1. The summed E-state index contributed by atoms with van der Waals surface area (Å²) < 4.78 is 0. The molecule has 1 fully saturated rings. The number of primary amides is 1. The van der Waals surface area contributed by atoms with Crippen LogP contribution in [0.3, 0.4) is 0 Å². The van der Waals surface area contributed by atoms with Crippen molar-refractivity contribution in [1.29, 1.82) is 0 Å². The summed E-state index contributed by atoms with van der Waals surface area (Å²) in [6.07, 6.45) is 6.11. The van der Waals surface area contributed by atoms with Crippen molar-refractivity contribution in [3.63, 3.8) is 0 Å². The van der Waals surface area contributed by atoms with E-state index < -0.39 is 6.03 Å². The predicted molar refractivity (Wildman–Crippen MR) is 88.1 cm³/mol. The van der Waals surface area contributed by atoms with Crippen LogP contribution in [0.5, 0.6) is 0 Å². The summed E-state index contributed by atoms with van der Waals surface area (Å²) in [6, 6.07) is -0.0490. The van der Waals surface area contributed by atoms with Gasteiger partial charge in [-0.25, -0.2) is 9.78 Å². The van der Waals surface area contributed by atoms with Gasteiger partial charge < -0.3 is 21.3 Å². The Morgan fingerprint density at radius 1 is 1.36 bits per heavy atom. The normalized spacial score (nSPS) is 21.2. The monoisotopic (exact) mass is 306 g/mol. The standard InChI is InChI=1S/C15H26N6O/c1-10-8-18-15(20-13(10)21(2)3)19-12-6-4-11(5-7-12)9-17-14(16)22/h8,11-12H,4-7,9H2,1-3H3,(H3,16,17,22)(H,18,19,20). The topological polar surface area (TPSA) is 96.2 Å². The summed E-state index contributed by atoms with van der Waals surface area (Å²) in [4.78, 5) is 21.7. The maximum atomic E-state index is 10.7. The Morgan fingerprint density at radius 3 is 2.64 bits per heavy atom. The highest BCUT2D eigenvalue weighted by Gasteiger charge is 2.22. The molecule has 22 heavy (non-hydrogen) atoms. The number of urea groups is 1. The van der Waals surface area contributed by atoms with Crippen molar-refractivity contribution >= 4 is 17.8 Å². The molecule has 0 saturated heterocycles. The molecule has 0 aliphatic heterocycles. The van der Waals surface area contributed by atoms with Crippen molar-refractivity contribution in [2.24, 2.45) is 11.7 Å². The first-order chi connectivity index (χ1) is 10.5. The third-order valence-corrected chi connectivity index (χ3v) is 4.11. The summed E-state index contributed by atoms with van der Waals surface area (Å²) >= 11 is 0. The third-order valence-electron chi connectivity index (χ3n) is 4.11. The highest BCUT2D eigenvalue weighted by molar-refractivity contribution is 5.71. The van der Waals surface area contributed by atoms with Crippen LogP contribution in [0.25, 0.3) is 0 Å². The number of rotatable bonds is 5. The Morgan fingerprint density at radius 2 is 2.05 bits per heavy atom. The number of hydrogen-bond acceptors (Lipinski definition) is 5. The maximum Gasteiger partial charge on any atom is 0.312 e. The molecule has 0 unspecified atom stereocenters. The average molecular weight is 306 g/mol. The van der Waals surface area contributed by atoms with Crippen molar-refractivity contribution in [1.82, 2.24) is 15.3 Å². The summed E-state index contributed by atoms with van der Waals surface area (Å²) in [5, 5.41) is 6.12. The van der Waals surface area contributed by atoms with Crippen LogP contribution in [-0.4, -0.2) is 42.7 Å². The summed E-state index contributed by atoms with van der Waals surface area (Å²) in [7, 11) is 3.96. The number of aromatic nitrogens is 2. The van der Waals surface area contributed by atoms with Crippen LogP contribution < -0.4 is 21.3 Å². The lowest BCUT2D eigenvalue weighted by atomic mass is 9.86. The van der Waals surface area contributed by atoms with E-state index in [4.69, 9.17) is 5.73 Å². The van der Waals surface area contributed by atoms with Crippen LogP contribution in [0.15, 0.2) is 6.20 Å². The van der Waals surface area contributed by atoms with Crippen LogP contribution in [0.1, 0.15) is 31.2 Å². The molecule has 0 bridgehead atoms. The zero-order valence-electron chi connectivity index (χ0n) is 13.6. The molecule has 1 saturated carbocycles. The Balaban J connectivity index is 1.86. The molecule has 1 aliphatic carbocycles. The van der Waals surface area contributed by atoms with Gasteiger partial charge in [-0.05, 0) is 38.5 Å². The second-order valence-corrected chi connectivity index (χ2v) is 6.20. The van der Waals surface area contributed by atoms with Gasteiger partial charge in [0, 0.05) is 38.4 Å². The first-order valence-electron chi connectivity index (χ1n) is 7.76. The molecule has 0 atom stereocenters. The lowest BCUT2D eigenvalue weighted by Crippen LogP contribution is -2.36. The van der Waals surface area contributed by atoms with Crippen LogP contribution in [-0.2, 0) is 0 Å². The van der Waals surface area contributed by atoms with Crippen LogP contribution in [0.2, 0.25) is 0 Å². The molecular formula is C15H26N6O. The number of nitrogens with two attached hydrogens (primary N) is 1. The molecule has 1 aromatic rings. The zero-order chi connectivity index (χ0) is 16.1. The maximum absolute atomic E-state index is 10.7. The minimum atomic E-state index is -0.440. The van der Waals surface area contributed by atoms with E-state index in [-0.39, 0.29) is 0 Å². The predicted octanol–water partition coefficient (Wildman–Crippen LogP) is 1.49. The Labute approximate surface area is 131 Å². The largest absolute Gasteiger partial charge is 0.362 e. The van der Waals surface area contributed by atoms with Crippen LogP contribution in [0.4, 0.5) is 16.6 Å². The number of nitrogens with zero attached hydrogens (tertiary/aromatic N) is 3. The van der Waals surface area contributed by atoms with Gasteiger partial charge in [0.2, 0.25) is 5.95 Å². The molecule has 4 N–H and O–H groups in total. The Kier molecular flexibility index (Phi) is 5.41. The van der Waals surface area contributed by atoms with Gasteiger partial charge in [0.25, 0.3) is 0 Å². The van der Waals surface area contributed by atoms with Crippen LogP contribution in [0, 0.1) is 12.8 Å². The van der Waals surface area contributed by atoms with Gasteiger partial charge >= 0.3 is 6.03 Å². The fourth-order valence-corrected chi connectivity index (χ4v) is 2.89. The van der Waals surface area contributed by atoms with Gasteiger partial charge in [0.15, 0.2) is 0 Å². The Hall–Kier alpha value is -2.05. The summed E-state index contributed by atoms with van der Waals surface area (Å²) in [6.45, 7) is 2.68. The minimum absolute atomic E-state index is 0.391. The highest BCUT2D eigenvalue weighted by Crippen LogP contribution is 2.26. The SMILES string of the molecule is Cc1cnc(NC2CCC(CNC(N)=O)CC2)nc1N(C)C. The summed E-state index contributed by atoms with van der Waals surface area (Å²) in [5.41, 5.74) is 6.17. The average Bonchev–Trinajstić information content (AvgIpc) is 2.48. The number of hydrogen-bond donors (Lipinski definition) is 3. The van der Waals surface area contributed by atoms with Gasteiger partial charge in [0.1, 0.15) is 5.82 Å². The number of carbonyl (C=O) groups is 1. The zero-order valence-corrected chi connectivity index (χ0v) is 13.6. The van der Waals surface area contributed by atoms with E-state index in [1.165, 1.54) is 0 Å². The highest BCUT2D eigenvalue weighted by atomic mass is 16.2. The molecule has 0 radical (unpaired) electrons. The van der Waals surface area contributed by atoms with Gasteiger partial charge in [0.05, 0.1) is 0 Å². The molecular weight excluding hydrogens is 280 g/mol. The molecule has 2 amide bonds. The second-order valence-electron chi connectivity index (χ2n) is 6.20. The van der Waals surface area contributed by atoms with Crippen molar-refractivity contribution in [2.75, 3.05) is 30.9 Å². The molecule has 1 aromatic heterocycles. The number of nitrogens with one attached hydrogen (secondary N) is 2. The minimum Gasteiger partial charge on any atom is -0.362 e. The quantitative estimate of drug-likeness (QED) is 0.766. The van der Waals surface area contributed by atoms with E-state index in [2.05, 4.69) is 20.6 Å². The van der Waals surface area contributed by atoms with Crippen molar-refractivity contribution < 1.29 is 4.79 Å². The van der Waals surface area contributed by atoms with Gasteiger partial charge in [-0.2, -0.15) is 4.98 Å². The lowest BCUT2D eigenvalue weighted by Gasteiger charge is -2.29.